The first kappa shape index (κ1) is 21.2. The van der Waals surface area contributed by atoms with Gasteiger partial charge in [0.25, 0.3) is 0 Å². The van der Waals surface area contributed by atoms with Crippen molar-refractivity contribution in [3.8, 4) is 11.3 Å². The average Bonchev–Trinajstić information content (AvgIpc) is 3.13. The summed E-state index contributed by atoms with van der Waals surface area (Å²) in [6.45, 7) is 0.457. The lowest BCUT2D eigenvalue weighted by Gasteiger charge is -2.26. The van der Waals surface area contributed by atoms with E-state index < -0.39 is 10.8 Å². The Morgan fingerprint density at radius 3 is 2.58 bits per heavy atom. The molecule has 1 amide bonds. The molecule has 1 N–H and O–H groups in total. The van der Waals surface area contributed by atoms with E-state index in [1.54, 1.807) is 23.5 Å². The van der Waals surface area contributed by atoms with Crippen LogP contribution in [0.4, 0.5) is 0 Å². The third-order valence-electron chi connectivity index (χ3n) is 5.51. The van der Waals surface area contributed by atoms with Crippen LogP contribution in [0.25, 0.3) is 11.3 Å². The summed E-state index contributed by atoms with van der Waals surface area (Å²) in [4.78, 5) is 34.9. The summed E-state index contributed by atoms with van der Waals surface area (Å²) in [6, 6.07) is 13.9. The molecule has 7 heteroatoms. The highest BCUT2D eigenvalue weighted by atomic mass is 32.2. The number of Topliss-reactive ketones (excluding diaryl/α,β-unsaturated/α-hetero) is 1. The minimum atomic E-state index is -0.920. The fourth-order valence-electron chi connectivity index (χ4n) is 4.05. The Bertz CT molecular complexity index is 1110. The molecule has 3 heterocycles. The van der Waals surface area contributed by atoms with Crippen molar-refractivity contribution < 1.29 is 13.8 Å². The first-order valence-electron chi connectivity index (χ1n) is 10.3. The lowest BCUT2D eigenvalue weighted by Crippen LogP contribution is -2.39. The molecule has 0 aliphatic carbocycles. The van der Waals surface area contributed by atoms with Gasteiger partial charge in [-0.2, -0.15) is 0 Å². The van der Waals surface area contributed by atoms with Gasteiger partial charge in [-0.1, -0.05) is 30.3 Å². The van der Waals surface area contributed by atoms with Crippen molar-refractivity contribution in [2.75, 3.05) is 18.6 Å². The average molecular weight is 436 g/mol. The number of fused-ring (bicyclic) bond motifs is 1. The maximum absolute atomic E-state index is 13.2. The van der Waals surface area contributed by atoms with E-state index in [2.05, 4.69) is 22.1 Å². The monoisotopic (exact) mass is 435 g/mol. The quantitative estimate of drug-likeness (QED) is 0.617. The predicted molar refractivity (Wildman–Crippen MR) is 121 cm³/mol. The van der Waals surface area contributed by atoms with Crippen LogP contribution in [-0.4, -0.2) is 49.3 Å². The molecule has 3 aromatic rings. The highest BCUT2D eigenvalue weighted by Gasteiger charge is 2.32. The van der Waals surface area contributed by atoms with Crippen LogP contribution in [0, 0.1) is 0 Å². The van der Waals surface area contributed by atoms with Gasteiger partial charge in [0, 0.05) is 64.9 Å². The summed E-state index contributed by atoms with van der Waals surface area (Å²) >= 11 is 0. The highest BCUT2D eigenvalue weighted by molar-refractivity contribution is 7.84. The number of aromatic nitrogens is 2. The van der Waals surface area contributed by atoms with E-state index in [-0.39, 0.29) is 18.2 Å². The molecule has 1 aliphatic rings. The van der Waals surface area contributed by atoms with Crippen LogP contribution in [0.1, 0.15) is 40.0 Å². The number of nitrogens with zero attached hydrogens (tertiary/aromatic N) is 2. The number of hydrogen-bond donors (Lipinski definition) is 1. The fourth-order valence-corrected chi connectivity index (χ4v) is 4.60. The van der Waals surface area contributed by atoms with Gasteiger partial charge >= 0.3 is 0 Å². The molecule has 1 aromatic carbocycles. The molecule has 0 saturated carbocycles. The fraction of sp³-hybridized carbons (Fsp3) is 0.292. The van der Waals surface area contributed by atoms with Crippen molar-refractivity contribution in [1.29, 1.82) is 0 Å². The zero-order valence-electron chi connectivity index (χ0n) is 17.5. The summed E-state index contributed by atoms with van der Waals surface area (Å²) in [6.07, 6.45) is 6.59. The van der Waals surface area contributed by atoms with Crippen molar-refractivity contribution in [3.63, 3.8) is 0 Å². The second-order valence-electron chi connectivity index (χ2n) is 7.78. The molecule has 31 heavy (non-hydrogen) atoms. The van der Waals surface area contributed by atoms with Gasteiger partial charge in [0.05, 0.1) is 18.8 Å². The number of aromatic amines is 1. The summed E-state index contributed by atoms with van der Waals surface area (Å²) < 4.78 is 11.3. The Morgan fingerprint density at radius 1 is 1.13 bits per heavy atom. The highest BCUT2D eigenvalue weighted by Crippen LogP contribution is 2.33. The summed E-state index contributed by atoms with van der Waals surface area (Å²) in [7, 11) is -0.920. The van der Waals surface area contributed by atoms with Crippen LogP contribution in [0.3, 0.4) is 0 Å². The largest absolute Gasteiger partial charge is 0.356 e. The van der Waals surface area contributed by atoms with Gasteiger partial charge in [-0.05, 0) is 29.7 Å². The molecule has 160 valence electrons. The molecular formula is C24H25N3O3S. The predicted octanol–water partition coefficient (Wildman–Crippen LogP) is 3.35. The minimum absolute atomic E-state index is 0.0452. The smallest absolute Gasteiger partial charge is 0.223 e. The zero-order chi connectivity index (χ0) is 21.8. The number of carbonyl (C=O) groups excluding carboxylic acids is 2. The first-order valence-corrected chi connectivity index (χ1v) is 12.0. The molecular weight excluding hydrogens is 410 g/mol. The van der Waals surface area contributed by atoms with E-state index in [1.807, 2.05) is 30.3 Å². The van der Waals surface area contributed by atoms with Gasteiger partial charge in [-0.15, -0.1) is 0 Å². The van der Waals surface area contributed by atoms with E-state index >= 15 is 0 Å². The van der Waals surface area contributed by atoms with Crippen LogP contribution in [0.5, 0.6) is 0 Å². The van der Waals surface area contributed by atoms with Crippen LogP contribution in [0.15, 0.2) is 54.9 Å². The van der Waals surface area contributed by atoms with Gasteiger partial charge in [-0.3, -0.25) is 18.8 Å². The first-order chi connectivity index (χ1) is 15.0. The van der Waals surface area contributed by atoms with Crippen molar-refractivity contribution >= 4 is 22.5 Å². The Balaban J connectivity index is 1.66. The number of ketones is 1. The maximum Gasteiger partial charge on any atom is 0.223 e. The molecule has 2 aromatic heterocycles. The standard InChI is InChI=1S/C24H25N3O3S/c1-31(30)13-5-8-22(29)27-15-20-23(21(28)16-27)19(14-17-6-3-2-4-7-17)24(26-20)18-9-11-25-12-10-18/h2-4,6-7,9-12,26H,5,8,13-16H2,1H3. The van der Waals surface area contributed by atoms with Crippen LogP contribution < -0.4 is 0 Å². The Kier molecular flexibility index (Phi) is 6.42. The number of rotatable bonds is 7. The van der Waals surface area contributed by atoms with Crippen LogP contribution >= 0.6 is 0 Å². The van der Waals surface area contributed by atoms with Gasteiger partial charge in [-0.25, -0.2) is 0 Å². The summed E-state index contributed by atoms with van der Waals surface area (Å²) in [5.41, 5.74) is 5.44. The molecule has 6 nitrogen and oxygen atoms in total. The SMILES string of the molecule is CS(=O)CCCC(=O)N1CC(=O)c2c([nH]c(-c3ccncc3)c2Cc2ccccc2)C1. The molecule has 1 aliphatic heterocycles. The molecule has 0 saturated heterocycles. The number of carbonyl (C=O) groups is 2. The normalized spacial score (nSPS) is 14.4. The van der Waals surface area contributed by atoms with Gasteiger partial charge in [0.15, 0.2) is 5.78 Å². The van der Waals surface area contributed by atoms with Crippen molar-refractivity contribution in [2.24, 2.45) is 0 Å². The lowest BCUT2D eigenvalue weighted by atomic mass is 9.93. The van der Waals surface area contributed by atoms with E-state index in [1.165, 1.54) is 0 Å². The van der Waals surface area contributed by atoms with Crippen LogP contribution in [0.2, 0.25) is 0 Å². The number of hydrogen-bond acceptors (Lipinski definition) is 4. The molecule has 1 unspecified atom stereocenters. The number of nitrogens with one attached hydrogen (secondary N) is 1. The second-order valence-corrected chi connectivity index (χ2v) is 9.34. The lowest BCUT2D eigenvalue weighted by molar-refractivity contribution is -0.131. The number of H-pyrrole nitrogens is 1. The van der Waals surface area contributed by atoms with E-state index in [0.29, 0.717) is 37.1 Å². The molecule has 4 rings (SSSR count). The number of benzene rings is 1. The van der Waals surface area contributed by atoms with Crippen molar-refractivity contribution in [2.45, 2.75) is 25.8 Å². The van der Waals surface area contributed by atoms with Crippen molar-refractivity contribution in [3.05, 3.63) is 77.2 Å². The molecule has 0 fully saturated rings. The van der Waals surface area contributed by atoms with Crippen molar-refractivity contribution in [1.82, 2.24) is 14.9 Å². The molecule has 1 atom stereocenters. The second kappa shape index (κ2) is 9.39. The number of amides is 1. The third-order valence-corrected chi connectivity index (χ3v) is 6.37. The Hall–Kier alpha value is -3.06. The van der Waals surface area contributed by atoms with Gasteiger partial charge < -0.3 is 9.88 Å². The van der Waals surface area contributed by atoms with Gasteiger partial charge in [0.2, 0.25) is 5.91 Å². The van der Waals surface area contributed by atoms with E-state index in [4.69, 9.17) is 0 Å². The Morgan fingerprint density at radius 2 is 1.87 bits per heavy atom. The maximum atomic E-state index is 13.2. The topological polar surface area (TPSA) is 83.1 Å². The summed E-state index contributed by atoms with van der Waals surface area (Å²) in [5.74, 6) is 0.375. The third kappa shape index (κ3) is 4.82. The molecule has 0 bridgehead atoms. The van der Waals surface area contributed by atoms with E-state index in [9.17, 15) is 13.8 Å². The number of pyridine rings is 1. The van der Waals surface area contributed by atoms with Gasteiger partial charge in [0.1, 0.15) is 0 Å². The van der Waals surface area contributed by atoms with E-state index in [0.717, 1.165) is 28.1 Å². The summed E-state index contributed by atoms with van der Waals surface area (Å²) in [5, 5.41) is 0. The molecule has 0 spiro atoms. The molecule has 0 radical (unpaired) electrons. The zero-order valence-corrected chi connectivity index (χ0v) is 18.3. The van der Waals surface area contributed by atoms with Crippen LogP contribution in [-0.2, 0) is 28.6 Å². The minimum Gasteiger partial charge on any atom is -0.356 e. The Labute approximate surface area is 184 Å².